The molecule has 0 radical (unpaired) electrons. The minimum absolute atomic E-state index is 0.484. The van der Waals surface area contributed by atoms with Gasteiger partial charge in [0.25, 0.3) is 0 Å². The molecule has 1 unspecified atom stereocenters. The van der Waals surface area contributed by atoms with E-state index in [2.05, 4.69) is 54.4 Å². The molecule has 0 aromatic heterocycles. The van der Waals surface area contributed by atoms with E-state index in [9.17, 15) is 0 Å². The van der Waals surface area contributed by atoms with Gasteiger partial charge >= 0.3 is 0 Å². The van der Waals surface area contributed by atoms with Crippen LogP contribution < -0.4 is 5.32 Å². The fourth-order valence-electron chi connectivity index (χ4n) is 2.52. The Kier molecular flexibility index (Phi) is 5.83. The number of hydrogen-bond donors (Lipinski definition) is 1. The lowest BCUT2D eigenvalue weighted by Gasteiger charge is -2.36. The summed E-state index contributed by atoms with van der Waals surface area (Å²) in [6.07, 6.45) is 0. The fraction of sp³-hybridized carbons (Fsp3) is 0.625. The molecule has 0 amide bonds. The number of benzene rings is 1. The van der Waals surface area contributed by atoms with Crippen LogP contribution in [0.5, 0.6) is 0 Å². The van der Waals surface area contributed by atoms with Gasteiger partial charge in [-0.1, -0.05) is 44.2 Å². The summed E-state index contributed by atoms with van der Waals surface area (Å²) in [5, 5.41) is 3.49. The third-order valence-corrected chi connectivity index (χ3v) is 3.51. The lowest BCUT2D eigenvalue weighted by molar-refractivity contribution is 0.0641. The van der Waals surface area contributed by atoms with E-state index in [4.69, 9.17) is 4.74 Å². The molecule has 1 aromatic rings. The minimum Gasteiger partial charge on any atom is -0.380 e. The van der Waals surface area contributed by atoms with E-state index in [1.54, 1.807) is 0 Å². The first-order chi connectivity index (χ1) is 9.27. The molecule has 1 N–H and O–H groups in total. The van der Waals surface area contributed by atoms with Gasteiger partial charge in [0.2, 0.25) is 0 Å². The van der Waals surface area contributed by atoms with Crippen LogP contribution >= 0.6 is 0 Å². The standard InChI is InChI=1S/C16H26N2O/c1-14(2)13-19-11-10-18-9-8-17-12-16(18)15-6-4-3-5-7-15/h3-7,14,16-17H,8-13H2,1-2H3. The Hall–Kier alpha value is -0.900. The molecule has 1 heterocycles. The van der Waals surface area contributed by atoms with Gasteiger partial charge in [0.1, 0.15) is 0 Å². The lowest BCUT2D eigenvalue weighted by Crippen LogP contribution is -2.47. The van der Waals surface area contributed by atoms with Gasteiger partial charge in [-0.25, -0.2) is 0 Å². The largest absolute Gasteiger partial charge is 0.380 e. The lowest BCUT2D eigenvalue weighted by atomic mass is 10.0. The molecule has 3 heteroatoms. The molecular formula is C16H26N2O. The summed E-state index contributed by atoms with van der Waals surface area (Å²) in [4.78, 5) is 2.53. The molecule has 2 rings (SSSR count). The Labute approximate surface area is 116 Å². The maximum absolute atomic E-state index is 5.72. The van der Waals surface area contributed by atoms with Crippen molar-refractivity contribution in [2.45, 2.75) is 19.9 Å². The van der Waals surface area contributed by atoms with Gasteiger partial charge in [0, 0.05) is 38.8 Å². The number of ether oxygens (including phenoxy) is 1. The highest BCUT2D eigenvalue weighted by molar-refractivity contribution is 5.20. The molecule has 1 aliphatic rings. The van der Waals surface area contributed by atoms with E-state index in [0.717, 1.165) is 39.4 Å². The average molecular weight is 262 g/mol. The summed E-state index contributed by atoms with van der Waals surface area (Å²) in [6, 6.07) is 11.3. The molecule has 0 saturated carbocycles. The monoisotopic (exact) mass is 262 g/mol. The van der Waals surface area contributed by atoms with Crippen molar-refractivity contribution in [2.75, 3.05) is 39.4 Å². The maximum atomic E-state index is 5.72. The Balaban J connectivity index is 1.86. The molecule has 0 spiro atoms. The Morgan fingerprint density at radius 2 is 2.11 bits per heavy atom. The van der Waals surface area contributed by atoms with E-state index >= 15 is 0 Å². The number of nitrogens with one attached hydrogen (secondary N) is 1. The van der Waals surface area contributed by atoms with Gasteiger partial charge in [-0.15, -0.1) is 0 Å². The summed E-state index contributed by atoms with van der Waals surface area (Å²) >= 11 is 0. The molecule has 0 aliphatic carbocycles. The highest BCUT2D eigenvalue weighted by atomic mass is 16.5. The average Bonchev–Trinajstić information content (AvgIpc) is 2.45. The van der Waals surface area contributed by atoms with Crippen molar-refractivity contribution in [1.29, 1.82) is 0 Å². The zero-order valence-electron chi connectivity index (χ0n) is 12.1. The van der Waals surface area contributed by atoms with Crippen molar-refractivity contribution in [2.24, 2.45) is 5.92 Å². The SMILES string of the molecule is CC(C)COCCN1CCNCC1c1ccccc1. The van der Waals surface area contributed by atoms with Crippen LogP contribution in [-0.2, 0) is 4.74 Å². The van der Waals surface area contributed by atoms with Crippen molar-refractivity contribution in [1.82, 2.24) is 10.2 Å². The quantitative estimate of drug-likeness (QED) is 0.796. The highest BCUT2D eigenvalue weighted by Gasteiger charge is 2.22. The van der Waals surface area contributed by atoms with E-state index in [1.165, 1.54) is 5.56 Å². The molecule has 1 atom stereocenters. The number of nitrogens with zero attached hydrogens (tertiary/aromatic N) is 1. The molecular weight excluding hydrogens is 236 g/mol. The zero-order chi connectivity index (χ0) is 13.5. The van der Waals surface area contributed by atoms with Gasteiger partial charge in [-0.05, 0) is 11.5 Å². The second-order valence-electron chi connectivity index (χ2n) is 5.64. The molecule has 19 heavy (non-hydrogen) atoms. The van der Waals surface area contributed by atoms with Crippen LogP contribution in [0, 0.1) is 5.92 Å². The smallest absolute Gasteiger partial charge is 0.0593 e. The van der Waals surface area contributed by atoms with Crippen molar-refractivity contribution in [3.8, 4) is 0 Å². The van der Waals surface area contributed by atoms with E-state index in [-0.39, 0.29) is 0 Å². The third-order valence-electron chi connectivity index (χ3n) is 3.51. The topological polar surface area (TPSA) is 24.5 Å². The first-order valence-electron chi connectivity index (χ1n) is 7.35. The van der Waals surface area contributed by atoms with Crippen LogP contribution in [0.15, 0.2) is 30.3 Å². The predicted octanol–water partition coefficient (Wildman–Crippen LogP) is 2.31. The molecule has 3 nitrogen and oxygen atoms in total. The maximum Gasteiger partial charge on any atom is 0.0593 e. The molecule has 0 bridgehead atoms. The van der Waals surface area contributed by atoms with Gasteiger partial charge in [0.15, 0.2) is 0 Å². The van der Waals surface area contributed by atoms with Crippen LogP contribution in [-0.4, -0.2) is 44.3 Å². The third kappa shape index (κ3) is 4.60. The Morgan fingerprint density at radius 3 is 2.84 bits per heavy atom. The van der Waals surface area contributed by atoms with Crippen molar-refractivity contribution < 1.29 is 4.74 Å². The second kappa shape index (κ2) is 7.63. The first kappa shape index (κ1) is 14.5. The van der Waals surface area contributed by atoms with Crippen LogP contribution in [0.25, 0.3) is 0 Å². The van der Waals surface area contributed by atoms with Crippen molar-refractivity contribution in [3.05, 3.63) is 35.9 Å². The summed E-state index contributed by atoms with van der Waals surface area (Å²) in [6.45, 7) is 10.3. The van der Waals surface area contributed by atoms with Gasteiger partial charge in [-0.2, -0.15) is 0 Å². The summed E-state index contributed by atoms with van der Waals surface area (Å²) in [5.41, 5.74) is 1.40. The van der Waals surface area contributed by atoms with Crippen LogP contribution in [0.4, 0.5) is 0 Å². The van der Waals surface area contributed by atoms with E-state index in [0.29, 0.717) is 12.0 Å². The van der Waals surface area contributed by atoms with E-state index < -0.39 is 0 Å². The zero-order valence-corrected chi connectivity index (χ0v) is 12.1. The molecule has 106 valence electrons. The first-order valence-corrected chi connectivity index (χ1v) is 7.35. The second-order valence-corrected chi connectivity index (χ2v) is 5.64. The minimum atomic E-state index is 0.484. The van der Waals surface area contributed by atoms with Crippen LogP contribution in [0.1, 0.15) is 25.5 Å². The summed E-state index contributed by atoms with van der Waals surface area (Å²) < 4.78 is 5.72. The normalized spacial score (nSPS) is 20.9. The van der Waals surface area contributed by atoms with Gasteiger partial charge in [-0.3, -0.25) is 4.90 Å². The van der Waals surface area contributed by atoms with Crippen molar-refractivity contribution in [3.63, 3.8) is 0 Å². The Morgan fingerprint density at radius 1 is 1.32 bits per heavy atom. The van der Waals surface area contributed by atoms with Crippen LogP contribution in [0.3, 0.4) is 0 Å². The molecule has 1 saturated heterocycles. The molecule has 1 aromatic carbocycles. The summed E-state index contributed by atoms with van der Waals surface area (Å²) in [5.74, 6) is 0.618. The number of piperazine rings is 1. The fourth-order valence-corrected chi connectivity index (χ4v) is 2.52. The van der Waals surface area contributed by atoms with Crippen molar-refractivity contribution >= 4 is 0 Å². The van der Waals surface area contributed by atoms with E-state index in [1.807, 2.05) is 0 Å². The Bertz CT molecular complexity index is 353. The molecule has 1 fully saturated rings. The molecule has 1 aliphatic heterocycles. The summed E-state index contributed by atoms with van der Waals surface area (Å²) in [7, 11) is 0. The number of rotatable bonds is 6. The predicted molar refractivity (Wildman–Crippen MR) is 79.3 cm³/mol. The highest BCUT2D eigenvalue weighted by Crippen LogP contribution is 2.21. The van der Waals surface area contributed by atoms with Gasteiger partial charge in [0.05, 0.1) is 6.61 Å². The van der Waals surface area contributed by atoms with Crippen LogP contribution in [0.2, 0.25) is 0 Å². The number of hydrogen-bond acceptors (Lipinski definition) is 3. The van der Waals surface area contributed by atoms with Gasteiger partial charge < -0.3 is 10.1 Å².